The molecule has 2 aromatic rings. The van der Waals surface area contributed by atoms with E-state index < -0.39 is 0 Å². The fourth-order valence-corrected chi connectivity index (χ4v) is 1.71. The van der Waals surface area contributed by atoms with Gasteiger partial charge in [-0.3, -0.25) is 4.79 Å². The van der Waals surface area contributed by atoms with Crippen LogP contribution in [0.5, 0.6) is 5.75 Å². The molecular weight excluding hydrogens is 256 g/mol. The number of ether oxygens (including phenoxy) is 1. The number of rotatable bonds is 7. The van der Waals surface area contributed by atoms with E-state index in [4.69, 9.17) is 9.15 Å². The maximum absolute atomic E-state index is 11.7. The number of nitrogens with one attached hydrogen (secondary N) is 2. The number of anilines is 1. The Morgan fingerprint density at radius 1 is 1.30 bits per heavy atom. The number of hydrogen-bond acceptors (Lipinski definition) is 4. The Labute approximate surface area is 117 Å². The van der Waals surface area contributed by atoms with Crippen molar-refractivity contribution in [1.82, 2.24) is 5.32 Å². The number of hydrogen-bond donors (Lipinski definition) is 2. The highest BCUT2D eigenvalue weighted by Crippen LogP contribution is 2.16. The zero-order chi connectivity index (χ0) is 14.2. The van der Waals surface area contributed by atoms with E-state index in [9.17, 15) is 4.79 Å². The summed E-state index contributed by atoms with van der Waals surface area (Å²) in [6.07, 6.45) is 1.58. The molecule has 0 atom stereocenters. The Hall–Kier alpha value is -2.43. The second-order valence-electron chi connectivity index (χ2n) is 4.17. The van der Waals surface area contributed by atoms with Gasteiger partial charge in [0.15, 0.2) is 0 Å². The van der Waals surface area contributed by atoms with E-state index in [0.717, 1.165) is 17.2 Å². The lowest BCUT2D eigenvalue weighted by Gasteiger charge is -2.09. The van der Waals surface area contributed by atoms with Gasteiger partial charge in [-0.25, -0.2) is 0 Å². The minimum atomic E-state index is -0.0942. The second kappa shape index (κ2) is 7.23. The third-order valence-corrected chi connectivity index (χ3v) is 2.64. The van der Waals surface area contributed by atoms with Crippen molar-refractivity contribution in [3.05, 3.63) is 48.4 Å². The Balaban J connectivity index is 1.76. The predicted molar refractivity (Wildman–Crippen MR) is 76.7 cm³/mol. The molecule has 1 amide bonds. The summed E-state index contributed by atoms with van der Waals surface area (Å²) >= 11 is 0. The quantitative estimate of drug-likeness (QED) is 0.814. The molecule has 1 aromatic carbocycles. The van der Waals surface area contributed by atoms with Gasteiger partial charge in [0, 0.05) is 11.8 Å². The molecule has 0 saturated heterocycles. The van der Waals surface area contributed by atoms with Crippen molar-refractivity contribution in [3.8, 4) is 5.75 Å². The number of benzene rings is 1. The summed E-state index contributed by atoms with van der Waals surface area (Å²) in [5, 5.41) is 5.82. The highest BCUT2D eigenvalue weighted by molar-refractivity contribution is 5.80. The Bertz CT molecular complexity index is 538. The van der Waals surface area contributed by atoms with E-state index >= 15 is 0 Å². The topological polar surface area (TPSA) is 63.5 Å². The summed E-state index contributed by atoms with van der Waals surface area (Å²) in [5.41, 5.74) is 0.851. The molecule has 5 heteroatoms. The van der Waals surface area contributed by atoms with Crippen LogP contribution < -0.4 is 15.4 Å². The molecule has 0 aliphatic rings. The van der Waals surface area contributed by atoms with Crippen LogP contribution in [0.4, 0.5) is 5.69 Å². The third kappa shape index (κ3) is 4.35. The maximum Gasteiger partial charge on any atom is 0.239 e. The molecule has 2 rings (SSSR count). The van der Waals surface area contributed by atoms with Crippen molar-refractivity contribution in [2.45, 2.75) is 13.5 Å². The van der Waals surface area contributed by atoms with Crippen LogP contribution >= 0.6 is 0 Å². The lowest BCUT2D eigenvalue weighted by atomic mass is 10.3. The van der Waals surface area contributed by atoms with Gasteiger partial charge in [0.25, 0.3) is 0 Å². The van der Waals surface area contributed by atoms with Crippen LogP contribution in [-0.2, 0) is 11.3 Å². The normalized spacial score (nSPS) is 10.1. The van der Waals surface area contributed by atoms with Crippen LogP contribution in [0.3, 0.4) is 0 Å². The fraction of sp³-hybridized carbons (Fsp3) is 0.267. The largest absolute Gasteiger partial charge is 0.494 e. The van der Waals surface area contributed by atoms with E-state index in [-0.39, 0.29) is 12.5 Å². The molecular formula is C15H18N2O3. The van der Waals surface area contributed by atoms with Crippen molar-refractivity contribution in [2.24, 2.45) is 0 Å². The Morgan fingerprint density at radius 2 is 2.20 bits per heavy atom. The number of amides is 1. The van der Waals surface area contributed by atoms with Crippen LogP contribution in [-0.4, -0.2) is 19.1 Å². The Kier molecular flexibility index (Phi) is 5.06. The smallest absolute Gasteiger partial charge is 0.239 e. The van der Waals surface area contributed by atoms with E-state index in [1.165, 1.54) is 0 Å². The van der Waals surface area contributed by atoms with Crippen LogP contribution in [0.25, 0.3) is 0 Å². The highest BCUT2D eigenvalue weighted by atomic mass is 16.5. The molecule has 0 spiro atoms. The van der Waals surface area contributed by atoms with Gasteiger partial charge < -0.3 is 19.8 Å². The first-order valence-corrected chi connectivity index (χ1v) is 6.53. The molecule has 0 saturated carbocycles. The average molecular weight is 274 g/mol. The Morgan fingerprint density at radius 3 is 2.95 bits per heavy atom. The SMILES string of the molecule is CCOc1cccc(NCC(=O)NCc2ccco2)c1. The van der Waals surface area contributed by atoms with Gasteiger partial charge in [-0.1, -0.05) is 6.07 Å². The van der Waals surface area contributed by atoms with Crippen molar-refractivity contribution in [3.63, 3.8) is 0 Å². The first kappa shape index (κ1) is 14.0. The van der Waals surface area contributed by atoms with Gasteiger partial charge in [0.1, 0.15) is 11.5 Å². The summed E-state index contributed by atoms with van der Waals surface area (Å²) < 4.78 is 10.5. The summed E-state index contributed by atoms with van der Waals surface area (Å²) in [4.78, 5) is 11.7. The van der Waals surface area contributed by atoms with Gasteiger partial charge in [-0.15, -0.1) is 0 Å². The summed E-state index contributed by atoms with van der Waals surface area (Å²) in [7, 11) is 0. The monoisotopic (exact) mass is 274 g/mol. The lowest BCUT2D eigenvalue weighted by Crippen LogP contribution is -2.29. The van der Waals surface area contributed by atoms with Crippen LogP contribution in [0.2, 0.25) is 0 Å². The van der Waals surface area contributed by atoms with Gasteiger partial charge in [-0.05, 0) is 31.2 Å². The summed E-state index contributed by atoms with van der Waals surface area (Å²) in [6.45, 7) is 3.15. The summed E-state index contributed by atoms with van der Waals surface area (Å²) in [5.74, 6) is 1.42. The fourth-order valence-electron chi connectivity index (χ4n) is 1.71. The molecule has 2 N–H and O–H groups in total. The van der Waals surface area contributed by atoms with Gasteiger partial charge in [0.2, 0.25) is 5.91 Å². The zero-order valence-electron chi connectivity index (χ0n) is 11.4. The second-order valence-corrected chi connectivity index (χ2v) is 4.17. The number of carbonyl (C=O) groups excluding carboxylic acids is 1. The first-order chi connectivity index (χ1) is 9.78. The highest BCUT2D eigenvalue weighted by Gasteiger charge is 2.03. The molecule has 0 unspecified atom stereocenters. The molecule has 0 radical (unpaired) electrons. The molecule has 20 heavy (non-hydrogen) atoms. The van der Waals surface area contributed by atoms with Crippen molar-refractivity contribution >= 4 is 11.6 Å². The van der Waals surface area contributed by atoms with E-state index in [2.05, 4.69) is 10.6 Å². The van der Waals surface area contributed by atoms with E-state index in [1.54, 1.807) is 12.3 Å². The van der Waals surface area contributed by atoms with E-state index in [1.807, 2.05) is 37.3 Å². The first-order valence-electron chi connectivity index (χ1n) is 6.53. The number of furan rings is 1. The van der Waals surface area contributed by atoms with Crippen molar-refractivity contribution in [2.75, 3.05) is 18.5 Å². The minimum absolute atomic E-state index is 0.0942. The lowest BCUT2D eigenvalue weighted by molar-refractivity contribution is -0.119. The molecule has 1 heterocycles. The zero-order valence-corrected chi connectivity index (χ0v) is 11.4. The molecule has 106 valence electrons. The van der Waals surface area contributed by atoms with Crippen molar-refractivity contribution in [1.29, 1.82) is 0 Å². The van der Waals surface area contributed by atoms with Gasteiger partial charge in [0.05, 0.1) is 26.0 Å². The molecule has 5 nitrogen and oxygen atoms in total. The van der Waals surface area contributed by atoms with Crippen LogP contribution in [0.15, 0.2) is 47.1 Å². The molecule has 1 aromatic heterocycles. The average Bonchev–Trinajstić information content (AvgIpc) is 2.97. The van der Waals surface area contributed by atoms with E-state index in [0.29, 0.717) is 13.2 Å². The third-order valence-electron chi connectivity index (χ3n) is 2.64. The van der Waals surface area contributed by atoms with Gasteiger partial charge in [-0.2, -0.15) is 0 Å². The summed E-state index contributed by atoms with van der Waals surface area (Å²) in [6, 6.07) is 11.1. The molecule has 0 bridgehead atoms. The maximum atomic E-state index is 11.7. The van der Waals surface area contributed by atoms with Crippen molar-refractivity contribution < 1.29 is 13.9 Å². The predicted octanol–water partition coefficient (Wildman–Crippen LogP) is 2.41. The molecule has 0 aliphatic heterocycles. The molecule has 0 aliphatic carbocycles. The van der Waals surface area contributed by atoms with Crippen LogP contribution in [0.1, 0.15) is 12.7 Å². The molecule has 0 fully saturated rings. The van der Waals surface area contributed by atoms with Gasteiger partial charge >= 0.3 is 0 Å². The standard InChI is InChI=1S/C15H18N2O3/c1-2-19-13-6-3-5-12(9-13)16-11-15(18)17-10-14-7-4-8-20-14/h3-9,16H,2,10-11H2,1H3,(H,17,18). The number of carbonyl (C=O) groups is 1. The van der Waals surface area contributed by atoms with Crippen LogP contribution in [0, 0.1) is 0 Å². The minimum Gasteiger partial charge on any atom is -0.494 e.